The summed E-state index contributed by atoms with van der Waals surface area (Å²) in [6, 6.07) is -4.53. The van der Waals surface area contributed by atoms with Crippen LogP contribution in [0, 0.1) is 5.92 Å². The van der Waals surface area contributed by atoms with E-state index in [1.165, 1.54) is 27.7 Å². The summed E-state index contributed by atoms with van der Waals surface area (Å²) in [7, 11) is 0. The van der Waals surface area contributed by atoms with E-state index >= 15 is 0 Å². The van der Waals surface area contributed by atoms with Crippen molar-refractivity contribution in [2.45, 2.75) is 127 Å². The summed E-state index contributed by atoms with van der Waals surface area (Å²) >= 11 is 0. The van der Waals surface area contributed by atoms with E-state index in [2.05, 4.69) is 52.5 Å². The first-order valence-corrected chi connectivity index (χ1v) is 23.0. The zero-order valence-electron chi connectivity index (χ0n) is 40.8. The van der Waals surface area contributed by atoms with Crippen molar-refractivity contribution in [1.29, 1.82) is 0 Å². The molecule has 2 aromatic rings. The number of para-hydroxylation sites is 1. The highest BCUT2D eigenvalue weighted by molar-refractivity contribution is 5.98. The minimum atomic E-state index is -1.60. The Morgan fingerprint density at radius 3 is 1.78 bits per heavy atom. The molecule has 29 nitrogen and oxygen atoms in total. The van der Waals surface area contributed by atoms with Gasteiger partial charge in [-0.1, -0.05) is 32.0 Å². The van der Waals surface area contributed by atoms with Gasteiger partial charge in [0.05, 0.1) is 19.0 Å². The highest BCUT2D eigenvalue weighted by atomic mass is 16.4. The topological polar surface area (TPSA) is 500 Å². The van der Waals surface area contributed by atoms with Crippen LogP contribution in [-0.4, -0.2) is 154 Å². The molecule has 402 valence electrons. The number of aliphatic carboxylic acids is 2. The predicted octanol–water partition coefficient (Wildman–Crippen LogP) is -5.61. The zero-order chi connectivity index (χ0) is 55.1. The van der Waals surface area contributed by atoms with Crippen LogP contribution in [0.25, 0.3) is 10.9 Å². The molecule has 1 heterocycles. The SMILES string of the molecule is CC(C)[C@H](NC(=O)[C@H](CCC(=O)O)NC(=O)CNC(=O)[C@H](CC(N)=O)NC(=O)[C@H](C)N)C(=O)N[C@@H](C)C(=O)N[C@@H](CCC(N)=O)C(=O)N[C@@H](Cc1c[nH]c2ccccc12)C(=O)N[C@@H](CCCN=C(N)N)C(=O)O. The number of carboxylic acids is 2. The summed E-state index contributed by atoms with van der Waals surface area (Å²) in [6.07, 6.45) is -1.16. The average molecular weight is 1030 g/mol. The third-order valence-corrected chi connectivity index (χ3v) is 10.8. The molecule has 0 aliphatic carbocycles. The molecule has 0 spiro atoms. The van der Waals surface area contributed by atoms with E-state index in [4.69, 9.17) is 28.7 Å². The van der Waals surface area contributed by atoms with Crippen LogP contribution in [0.2, 0.25) is 0 Å². The summed E-state index contributed by atoms with van der Waals surface area (Å²) in [6.45, 7) is 4.80. The number of fused-ring (bicyclic) bond motifs is 1. The molecule has 0 radical (unpaired) electrons. The minimum Gasteiger partial charge on any atom is -0.481 e. The number of aliphatic imine (C=N–C) groups is 1. The Bertz CT molecular complexity index is 2370. The lowest BCUT2D eigenvalue weighted by atomic mass is 10.0. The molecule has 73 heavy (non-hydrogen) atoms. The molecule has 0 aliphatic rings. The Balaban J connectivity index is 2.28. The van der Waals surface area contributed by atoms with Gasteiger partial charge in [-0.05, 0) is 57.1 Å². The number of hydrogen-bond acceptors (Lipinski definition) is 14. The molecule has 29 heteroatoms. The lowest BCUT2D eigenvalue weighted by molar-refractivity contribution is -0.142. The molecule has 1 aromatic carbocycles. The van der Waals surface area contributed by atoms with Gasteiger partial charge in [0.15, 0.2) is 5.96 Å². The number of benzene rings is 1. The molecular weight excluding hydrogens is 963 g/mol. The first-order valence-electron chi connectivity index (χ1n) is 23.0. The van der Waals surface area contributed by atoms with Crippen molar-refractivity contribution >= 4 is 87.9 Å². The van der Waals surface area contributed by atoms with Crippen molar-refractivity contribution in [2.75, 3.05) is 13.1 Å². The monoisotopic (exact) mass is 1030 g/mol. The fraction of sp³-hybridized carbons (Fsp3) is 0.523. The normalized spacial score (nSPS) is 14.2. The molecule has 2 rings (SSSR count). The van der Waals surface area contributed by atoms with Gasteiger partial charge in [0.2, 0.25) is 59.1 Å². The van der Waals surface area contributed by atoms with E-state index in [9.17, 15) is 67.7 Å². The maximum Gasteiger partial charge on any atom is 0.326 e. The van der Waals surface area contributed by atoms with Gasteiger partial charge >= 0.3 is 11.9 Å². The number of carbonyl (C=O) groups excluding carboxylic acids is 10. The van der Waals surface area contributed by atoms with Crippen molar-refractivity contribution in [3.05, 3.63) is 36.0 Å². The van der Waals surface area contributed by atoms with E-state index in [0.29, 0.717) is 16.5 Å². The Kier molecular flexibility index (Phi) is 24.7. The number of carboxylic acid groups (broad SMARTS) is 2. The van der Waals surface area contributed by atoms with Crippen molar-refractivity contribution in [3.63, 3.8) is 0 Å². The van der Waals surface area contributed by atoms with E-state index < -0.39 is 164 Å². The zero-order valence-corrected chi connectivity index (χ0v) is 40.8. The number of aromatic nitrogens is 1. The van der Waals surface area contributed by atoms with Gasteiger partial charge in [0, 0.05) is 42.9 Å². The number of primary amides is 2. The van der Waals surface area contributed by atoms with Gasteiger partial charge in [0.25, 0.3) is 0 Å². The molecule has 0 unspecified atom stereocenters. The fourth-order valence-electron chi connectivity index (χ4n) is 6.83. The standard InChI is InChI=1S/C44H67N15O14/c1-20(2)35(59-40(69)26(12-14-34(63)64)54-33(62)19-52-38(67)30(17-32(47)61)57-36(65)21(3)45)42(71)53-22(4)37(66)55-27(11-13-31(46)60)39(68)58-29(16-23-18-51-25-9-6-5-8-24(23)25)41(70)56-28(43(72)73)10-7-15-50-44(48)49/h5-6,8-9,18,20-22,26-30,35,51H,7,10-17,19,45H2,1-4H3,(H2,46,60)(H2,47,61)(H,52,67)(H,53,71)(H,54,62)(H,55,66)(H,56,70)(H,57,65)(H,58,68)(H,59,69)(H,63,64)(H,72,73)(H4,48,49,50)/t21-,22-,26-,27-,28-,29-,30-,35-/m0/s1. The lowest BCUT2D eigenvalue weighted by Gasteiger charge is -2.27. The van der Waals surface area contributed by atoms with E-state index in [0.717, 1.165) is 0 Å². The van der Waals surface area contributed by atoms with E-state index in [1.807, 2.05) is 0 Å². The molecule has 0 saturated carbocycles. The number of rotatable bonds is 32. The van der Waals surface area contributed by atoms with Crippen molar-refractivity contribution in [3.8, 4) is 0 Å². The van der Waals surface area contributed by atoms with Crippen LogP contribution in [0.3, 0.4) is 0 Å². The number of guanidine groups is 1. The molecule has 1 aromatic heterocycles. The first kappa shape index (κ1) is 60.8. The highest BCUT2D eigenvalue weighted by Gasteiger charge is 2.34. The Hall–Kier alpha value is -8.37. The van der Waals surface area contributed by atoms with Crippen LogP contribution in [0.15, 0.2) is 35.5 Å². The van der Waals surface area contributed by atoms with Gasteiger partial charge in [-0.3, -0.25) is 57.7 Å². The van der Waals surface area contributed by atoms with Crippen LogP contribution in [0.1, 0.15) is 78.2 Å². The van der Waals surface area contributed by atoms with Crippen molar-refractivity contribution in [2.24, 2.45) is 39.6 Å². The minimum absolute atomic E-state index is 0.0631. The van der Waals surface area contributed by atoms with Crippen LogP contribution in [0.5, 0.6) is 0 Å². The van der Waals surface area contributed by atoms with Gasteiger partial charge in [-0.2, -0.15) is 0 Å². The Labute approximate surface area is 418 Å². The third kappa shape index (κ3) is 21.7. The van der Waals surface area contributed by atoms with Gasteiger partial charge < -0.3 is 86.4 Å². The highest BCUT2D eigenvalue weighted by Crippen LogP contribution is 2.20. The number of amides is 10. The summed E-state index contributed by atoms with van der Waals surface area (Å²) in [5, 5.41) is 38.8. The number of hydrogen-bond donors (Lipinski definition) is 16. The maximum absolute atomic E-state index is 14.0. The molecule has 21 N–H and O–H groups in total. The smallest absolute Gasteiger partial charge is 0.326 e. The average Bonchev–Trinajstić information content (AvgIpc) is 3.71. The third-order valence-electron chi connectivity index (χ3n) is 10.8. The fourth-order valence-corrected chi connectivity index (χ4v) is 6.83. The van der Waals surface area contributed by atoms with Gasteiger partial charge in [-0.25, -0.2) is 4.79 Å². The number of nitrogens with two attached hydrogens (primary N) is 5. The largest absolute Gasteiger partial charge is 0.481 e. The van der Waals surface area contributed by atoms with Crippen LogP contribution in [-0.2, 0) is 64.0 Å². The second kappa shape index (κ2) is 29.7. The second-order valence-electron chi connectivity index (χ2n) is 17.3. The maximum atomic E-state index is 14.0. The Morgan fingerprint density at radius 2 is 1.19 bits per heavy atom. The first-order chi connectivity index (χ1) is 34.2. The molecular formula is C44H67N15O14. The van der Waals surface area contributed by atoms with Crippen molar-refractivity contribution < 1.29 is 67.7 Å². The molecule has 0 aliphatic heterocycles. The van der Waals surface area contributed by atoms with Crippen LogP contribution < -0.4 is 71.2 Å². The van der Waals surface area contributed by atoms with E-state index in [1.54, 1.807) is 30.5 Å². The number of nitrogens with zero attached hydrogens (tertiary/aromatic N) is 1. The molecule has 10 amide bonds. The Morgan fingerprint density at radius 1 is 0.616 bits per heavy atom. The van der Waals surface area contributed by atoms with Gasteiger partial charge in [0.1, 0.15) is 42.3 Å². The number of H-pyrrole nitrogens is 1. The van der Waals surface area contributed by atoms with Gasteiger partial charge in [-0.15, -0.1) is 0 Å². The summed E-state index contributed by atoms with van der Waals surface area (Å²) in [5.74, 6) is -13.2. The van der Waals surface area contributed by atoms with E-state index in [-0.39, 0.29) is 31.8 Å². The van der Waals surface area contributed by atoms with Crippen molar-refractivity contribution in [1.82, 2.24) is 47.5 Å². The number of aromatic amines is 1. The van der Waals surface area contributed by atoms with Crippen LogP contribution in [0.4, 0.5) is 0 Å². The predicted molar refractivity (Wildman–Crippen MR) is 259 cm³/mol. The second-order valence-corrected chi connectivity index (χ2v) is 17.3. The quantitative estimate of drug-likeness (QED) is 0.0185. The molecule has 0 bridgehead atoms. The molecule has 0 saturated heterocycles. The summed E-state index contributed by atoms with van der Waals surface area (Å²) in [4.78, 5) is 160. The summed E-state index contributed by atoms with van der Waals surface area (Å²) < 4.78 is 0. The number of carbonyl (C=O) groups is 12. The van der Waals surface area contributed by atoms with Crippen LogP contribution >= 0.6 is 0 Å². The lowest BCUT2D eigenvalue weighted by Crippen LogP contribution is -2.60. The molecule has 0 fully saturated rings. The number of nitrogens with one attached hydrogen (secondary N) is 9. The molecule has 8 atom stereocenters. The summed E-state index contributed by atoms with van der Waals surface area (Å²) in [5.41, 5.74) is 28.0.